The van der Waals surface area contributed by atoms with Crippen molar-refractivity contribution in [3.8, 4) is 11.5 Å². The van der Waals surface area contributed by atoms with E-state index in [1.54, 1.807) is 54.8 Å². The molecule has 2 amide bonds. The van der Waals surface area contributed by atoms with Crippen LogP contribution in [-0.4, -0.2) is 43.6 Å². The SMILES string of the molecule is CCOC(=O)c1ccc(NC(=O)Cc2csc(NC(=O)c3cc(OC)cc(OC)c3)n2)cc1. The Bertz CT molecular complexity index is 1120. The van der Waals surface area contributed by atoms with Gasteiger partial charge in [-0.3, -0.25) is 14.9 Å². The van der Waals surface area contributed by atoms with Crippen LogP contribution in [0.5, 0.6) is 11.5 Å². The number of esters is 1. The van der Waals surface area contributed by atoms with Gasteiger partial charge >= 0.3 is 5.97 Å². The second-order valence-electron chi connectivity index (χ2n) is 6.72. The zero-order chi connectivity index (χ0) is 23.8. The van der Waals surface area contributed by atoms with Gasteiger partial charge in [-0.05, 0) is 43.3 Å². The minimum Gasteiger partial charge on any atom is -0.497 e. The smallest absolute Gasteiger partial charge is 0.338 e. The molecule has 0 spiro atoms. The number of nitrogens with zero attached hydrogens (tertiary/aromatic N) is 1. The number of amides is 2. The van der Waals surface area contributed by atoms with E-state index < -0.39 is 5.97 Å². The lowest BCUT2D eigenvalue weighted by atomic mass is 10.2. The van der Waals surface area contributed by atoms with Crippen molar-refractivity contribution in [1.82, 2.24) is 4.98 Å². The highest BCUT2D eigenvalue weighted by Crippen LogP contribution is 2.24. The number of ether oxygens (including phenoxy) is 3. The van der Waals surface area contributed by atoms with Crippen LogP contribution in [0.15, 0.2) is 47.8 Å². The summed E-state index contributed by atoms with van der Waals surface area (Å²) in [6.45, 7) is 2.03. The molecular weight excluding hydrogens is 446 g/mol. The summed E-state index contributed by atoms with van der Waals surface area (Å²) in [5.74, 6) is -0.0868. The zero-order valence-corrected chi connectivity index (χ0v) is 19.2. The Hall–Kier alpha value is -3.92. The van der Waals surface area contributed by atoms with Crippen LogP contribution in [0.4, 0.5) is 10.8 Å². The number of aromatic nitrogens is 1. The number of hydrogen-bond donors (Lipinski definition) is 2. The summed E-state index contributed by atoms with van der Waals surface area (Å²) in [5.41, 5.74) is 1.82. The first kappa shape index (κ1) is 23.7. The molecular formula is C23H23N3O6S. The van der Waals surface area contributed by atoms with E-state index in [2.05, 4.69) is 15.6 Å². The molecule has 0 fully saturated rings. The topological polar surface area (TPSA) is 116 Å². The third-order valence-electron chi connectivity index (χ3n) is 4.41. The number of methoxy groups -OCH3 is 2. The first-order valence-corrected chi connectivity index (χ1v) is 10.9. The van der Waals surface area contributed by atoms with E-state index in [9.17, 15) is 14.4 Å². The Balaban J connectivity index is 1.57. The van der Waals surface area contributed by atoms with Gasteiger partial charge in [0.05, 0.1) is 38.5 Å². The van der Waals surface area contributed by atoms with Crippen LogP contribution < -0.4 is 20.1 Å². The van der Waals surface area contributed by atoms with Gasteiger partial charge in [-0.25, -0.2) is 9.78 Å². The molecule has 0 saturated carbocycles. The summed E-state index contributed by atoms with van der Waals surface area (Å²) in [4.78, 5) is 40.9. The highest BCUT2D eigenvalue weighted by Gasteiger charge is 2.14. The van der Waals surface area contributed by atoms with Gasteiger partial charge in [-0.1, -0.05) is 0 Å². The van der Waals surface area contributed by atoms with Gasteiger partial charge in [0.25, 0.3) is 5.91 Å². The number of rotatable bonds is 9. The maximum Gasteiger partial charge on any atom is 0.338 e. The highest BCUT2D eigenvalue weighted by molar-refractivity contribution is 7.14. The van der Waals surface area contributed by atoms with Gasteiger partial charge in [0.2, 0.25) is 5.91 Å². The number of anilines is 2. The first-order valence-electron chi connectivity index (χ1n) is 9.97. The van der Waals surface area contributed by atoms with Crippen molar-refractivity contribution < 1.29 is 28.6 Å². The second-order valence-corrected chi connectivity index (χ2v) is 7.58. The minimum atomic E-state index is -0.417. The van der Waals surface area contributed by atoms with E-state index in [1.165, 1.54) is 25.6 Å². The molecule has 172 valence electrons. The summed E-state index contributed by atoms with van der Waals surface area (Å²) >= 11 is 1.21. The van der Waals surface area contributed by atoms with Crippen LogP contribution in [0.3, 0.4) is 0 Å². The Morgan fingerprint density at radius 1 is 0.939 bits per heavy atom. The molecule has 3 rings (SSSR count). The average molecular weight is 470 g/mol. The van der Waals surface area contributed by atoms with Crippen LogP contribution in [0.25, 0.3) is 0 Å². The number of hydrogen-bond acceptors (Lipinski definition) is 8. The molecule has 0 radical (unpaired) electrons. The lowest BCUT2D eigenvalue weighted by Gasteiger charge is -2.08. The van der Waals surface area contributed by atoms with Crippen molar-refractivity contribution in [1.29, 1.82) is 0 Å². The molecule has 1 heterocycles. The largest absolute Gasteiger partial charge is 0.497 e. The molecule has 0 aliphatic rings. The number of carbonyl (C=O) groups is 3. The molecule has 2 N–H and O–H groups in total. The molecule has 0 unspecified atom stereocenters. The van der Waals surface area contributed by atoms with E-state index in [0.29, 0.717) is 45.7 Å². The number of carbonyl (C=O) groups excluding carboxylic acids is 3. The minimum absolute atomic E-state index is 0.0268. The summed E-state index contributed by atoms with van der Waals surface area (Å²) in [6, 6.07) is 11.3. The van der Waals surface area contributed by atoms with Crippen LogP contribution in [0, 0.1) is 0 Å². The molecule has 0 aliphatic carbocycles. The molecule has 9 nitrogen and oxygen atoms in total. The van der Waals surface area contributed by atoms with Gasteiger partial charge in [-0.15, -0.1) is 11.3 Å². The highest BCUT2D eigenvalue weighted by atomic mass is 32.1. The van der Waals surface area contributed by atoms with E-state index in [0.717, 1.165) is 0 Å². The van der Waals surface area contributed by atoms with E-state index >= 15 is 0 Å². The maximum absolute atomic E-state index is 12.6. The van der Waals surface area contributed by atoms with Crippen molar-refractivity contribution in [2.75, 3.05) is 31.5 Å². The zero-order valence-electron chi connectivity index (χ0n) is 18.3. The predicted molar refractivity (Wildman–Crippen MR) is 124 cm³/mol. The van der Waals surface area contributed by atoms with E-state index in [4.69, 9.17) is 14.2 Å². The fraction of sp³-hybridized carbons (Fsp3) is 0.217. The summed E-state index contributed by atoms with van der Waals surface area (Å²) < 4.78 is 15.3. The summed E-state index contributed by atoms with van der Waals surface area (Å²) in [6.07, 6.45) is 0.0268. The molecule has 3 aromatic rings. The first-order chi connectivity index (χ1) is 15.9. The van der Waals surface area contributed by atoms with Crippen LogP contribution >= 0.6 is 11.3 Å². The summed E-state index contributed by atoms with van der Waals surface area (Å²) in [7, 11) is 3.01. The number of nitrogens with one attached hydrogen (secondary N) is 2. The Labute approximate surface area is 194 Å². The molecule has 2 aromatic carbocycles. The van der Waals surface area contributed by atoms with E-state index in [1.807, 2.05) is 0 Å². The average Bonchev–Trinajstić information content (AvgIpc) is 3.25. The van der Waals surface area contributed by atoms with Crippen LogP contribution in [0.2, 0.25) is 0 Å². The molecule has 1 aromatic heterocycles. The number of benzene rings is 2. The maximum atomic E-state index is 12.6. The van der Waals surface area contributed by atoms with Crippen LogP contribution in [-0.2, 0) is 16.0 Å². The Morgan fingerprint density at radius 2 is 1.61 bits per heavy atom. The monoisotopic (exact) mass is 469 g/mol. The lowest BCUT2D eigenvalue weighted by Crippen LogP contribution is -2.15. The molecule has 0 aliphatic heterocycles. The molecule has 0 atom stereocenters. The van der Waals surface area contributed by atoms with Crippen LogP contribution in [0.1, 0.15) is 33.3 Å². The molecule has 0 bridgehead atoms. The van der Waals surface area contributed by atoms with Gasteiger partial charge in [-0.2, -0.15) is 0 Å². The Kier molecular flexibility index (Phi) is 7.98. The van der Waals surface area contributed by atoms with E-state index in [-0.39, 0.29) is 18.2 Å². The van der Waals surface area contributed by atoms with Gasteiger partial charge in [0, 0.05) is 22.7 Å². The number of thiazole rings is 1. The second kappa shape index (κ2) is 11.1. The Morgan fingerprint density at radius 3 is 2.21 bits per heavy atom. The van der Waals surface area contributed by atoms with Crippen molar-refractivity contribution in [3.63, 3.8) is 0 Å². The molecule has 0 saturated heterocycles. The van der Waals surface area contributed by atoms with Gasteiger partial charge in [0.15, 0.2) is 5.13 Å². The normalized spacial score (nSPS) is 10.3. The van der Waals surface area contributed by atoms with Crippen molar-refractivity contribution in [3.05, 3.63) is 64.7 Å². The lowest BCUT2D eigenvalue weighted by molar-refractivity contribution is -0.115. The summed E-state index contributed by atoms with van der Waals surface area (Å²) in [5, 5.41) is 7.53. The molecule has 33 heavy (non-hydrogen) atoms. The van der Waals surface area contributed by atoms with Crippen molar-refractivity contribution in [2.24, 2.45) is 0 Å². The van der Waals surface area contributed by atoms with Gasteiger partial charge in [0.1, 0.15) is 11.5 Å². The fourth-order valence-electron chi connectivity index (χ4n) is 2.83. The standard InChI is InChI=1S/C23H23N3O6S/c1-4-32-22(29)14-5-7-16(8-6-14)24-20(27)11-17-13-33-23(25-17)26-21(28)15-9-18(30-2)12-19(10-15)31-3/h5-10,12-13H,4,11H2,1-3H3,(H,24,27)(H,25,26,28). The molecule has 10 heteroatoms. The van der Waals surface area contributed by atoms with Crippen molar-refractivity contribution >= 4 is 39.9 Å². The fourth-order valence-corrected chi connectivity index (χ4v) is 3.53. The van der Waals surface area contributed by atoms with Crippen molar-refractivity contribution in [2.45, 2.75) is 13.3 Å². The third-order valence-corrected chi connectivity index (χ3v) is 5.21. The third kappa shape index (κ3) is 6.53. The predicted octanol–water partition coefficient (Wildman–Crippen LogP) is 3.77. The van der Waals surface area contributed by atoms with Gasteiger partial charge < -0.3 is 19.5 Å². The quantitative estimate of drug-likeness (QED) is 0.458.